The molecule has 3 nitrogen and oxygen atoms in total. The highest BCUT2D eigenvalue weighted by Crippen LogP contribution is 2.34. The Kier molecular flexibility index (Phi) is 3.23. The van der Waals surface area contributed by atoms with Gasteiger partial charge in [-0.05, 0) is 44.1 Å². The number of aromatic nitrogens is 2. The zero-order valence-corrected chi connectivity index (χ0v) is 9.37. The molecular weight excluding hydrogens is 212 g/mol. The molecule has 1 aromatic rings. The number of hydrogen-bond acceptors (Lipinski definition) is 2. The molecule has 2 N–H and O–H groups in total. The van der Waals surface area contributed by atoms with E-state index in [2.05, 4.69) is 5.10 Å². The minimum Gasteiger partial charge on any atom is -0.328 e. The summed E-state index contributed by atoms with van der Waals surface area (Å²) in [6.07, 6.45) is 5.41. The molecule has 0 unspecified atom stereocenters. The highest BCUT2D eigenvalue weighted by molar-refractivity contribution is 5.21. The molecule has 90 valence electrons. The molecule has 1 saturated carbocycles. The number of alkyl halides is 2. The summed E-state index contributed by atoms with van der Waals surface area (Å²) in [6, 6.07) is 0.279. The third-order valence-corrected chi connectivity index (χ3v) is 3.37. The molecule has 0 bridgehead atoms. The average molecular weight is 229 g/mol. The number of aryl methyl sites for hydroxylation is 1. The minimum absolute atomic E-state index is 0.279. The lowest BCUT2D eigenvalue weighted by atomic mass is 9.82. The van der Waals surface area contributed by atoms with Gasteiger partial charge in [0.15, 0.2) is 0 Å². The van der Waals surface area contributed by atoms with Crippen LogP contribution in [0.3, 0.4) is 0 Å². The molecule has 0 radical (unpaired) electrons. The number of nitrogens with zero attached hydrogens (tertiary/aromatic N) is 2. The maximum atomic E-state index is 12.5. The fraction of sp³-hybridized carbons (Fsp3) is 0.727. The van der Waals surface area contributed by atoms with Crippen LogP contribution in [-0.4, -0.2) is 15.8 Å². The lowest BCUT2D eigenvalue weighted by Gasteiger charge is -2.25. The smallest absolute Gasteiger partial charge is 0.328 e. The summed E-state index contributed by atoms with van der Waals surface area (Å²) < 4.78 is 25.7. The van der Waals surface area contributed by atoms with E-state index in [9.17, 15) is 8.78 Å². The van der Waals surface area contributed by atoms with Gasteiger partial charge in [-0.15, -0.1) is 0 Å². The van der Waals surface area contributed by atoms with Crippen LogP contribution >= 0.6 is 0 Å². The van der Waals surface area contributed by atoms with E-state index in [1.807, 2.05) is 0 Å². The van der Waals surface area contributed by atoms with Crippen molar-refractivity contribution in [1.29, 1.82) is 0 Å². The molecule has 0 atom stereocenters. The fourth-order valence-electron chi connectivity index (χ4n) is 2.43. The molecular formula is C11H17F2N3. The first-order valence-electron chi connectivity index (χ1n) is 5.67. The van der Waals surface area contributed by atoms with Gasteiger partial charge in [0.25, 0.3) is 0 Å². The summed E-state index contributed by atoms with van der Waals surface area (Å²) in [7, 11) is 0. The number of nitrogens with two attached hydrogens (primary N) is 1. The summed E-state index contributed by atoms with van der Waals surface area (Å²) in [5.41, 5.74) is 7.51. The third kappa shape index (κ3) is 2.24. The van der Waals surface area contributed by atoms with Gasteiger partial charge in [0.2, 0.25) is 0 Å². The normalized spacial score (nSPS) is 26.3. The summed E-state index contributed by atoms with van der Waals surface area (Å²) in [6.45, 7) is -0.749. The molecule has 1 heterocycles. The van der Waals surface area contributed by atoms with Crippen molar-refractivity contribution in [3.63, 3.8) is 0 Å². The van der Waals surface area contributed by atoms with Crippen LogP contribution < -0.4 is 5.73 Å². The molecule has 2 rings (SSSR count). The Hall–Kier alpha value is -0.970. The molecule has 0 amide bonds. The Bertz CT molecular complexity index is 354. The fourth-order valence-corrected chi connectivity index (χ4v) is 2.43. The molecule has 0 aromatic carbocycles. The van der Waals surface area contributed by atoms with Crippen molar-refractivity contribution < 1.29 is 8.78 Å². The van der Waals surface area contributed by atoms with Crippen molar-refractivity contribution in [1.82, 2.24) is 9.78 Å². The van der Waals surface area contributed by atoms with Gasteiger partial charge in [-0.3, -0.25) is 0 Å². The van der Waals surface area contributed by atoms with Crippen LogP contribution in [0.2, 0.25) is 0 Å². The average Bonchev–Trinajstić information content (AvgIpc) is 2.62. The van der Waals surface area contributed by atoms with Gasteiger partial charge in [-0.1, -0.05) is 0 Å². The second kappa shape index (κ2) is 4.49. The SMILES string of the molecule is Cc1nn(C(F)F)cc1C1CCC(N)CC1. The quantitative estimate of drug-likeness (QED) is 0.847. The molecule has 0 spiro atoms. The van der Waals surface area contributed by atoms with Gasteiger partial charge in [0, 0.05) is 12.2 Å². The van der Waals surface area contributed by atoms with Gasteiger partial charge in [-0.25, -0.2) is 4.68 Å². The van der Waals surface area contributed by atoms with Crippen molar-refractivity contribution in [3.05, 3.63) is 17.5 Å². The maximum Gasteiger partial charge on any atom is 0.333 e. The lowest BCUT2D eigenvalue weighted by molar-refractivity contribution is 0.0562. The van der Waals surface area contributed by atoms with Crippen molar-refractivity contribution in [2.75, 3.05) is 0 Å². The standard InChI is InChI=1S/C11H17F2N3/c1-7-10(6-16(15-7)11(12)13)8-2-4-9(14)5-3-8/h6,8-9,11H,2-5,14H2,1H3. The van der Waals surface area contributed by atoms with Crippen molar-refractivity contribution in [2.24, 2.45) is 5.73 Å². The first-order chi connectivity index (χ1) is 7.58. The van der Waals surface area contributed by atoms with Crippen LogP contribution in [0.25, 0.3) is 0 Å². The van der Waals surface area contributed by atoms with Crippen molar-refractivity contribution in [3.8, 4) is 0 Å². The Labute approximate surface area is 93.6 Å². The Morgan fingerprint density at radius 2 is 2.00 bits per heavy atom. The van der Waals surface area contributed by atoms with Gasteiger partial charge >= 0.3 is 6.55 Å². The van der Waals surface area contributed by atoms with E-state index in [-0.39, 0.29) is 6.04 Å². The van der Waals surface area contributed by atoms with Crippen LogP contribution in [0.5, 0.6) is 0 Å². The number of rotatable bonds is 2. The first kappa shape index (κ1) is 11.5. The van der Waals surface area contributed by atoms with Gasteiger partial charge in [-0.2, -0.15) is 13.9 Å². The predicted molar refractivity (Wildman–Crippen MR) is 57.4 cm³/mol. The van der Waals surface area contributed by atoms with Crippen molar-refractivity contribution in [2.45, 2.75) is 51.1 Å². The van der Waals surface area contributed by atoms with E-state index in [1.165, 1.54) is 6.20 Å². The molecule has 1 aliphatic carbocycles. The second-order valence-electron chi connectivity index (χ2n) is 4.54. The summed E-state index contributed by atoms with van der Waals surface area (Å²) >= 11 is 0. The van der Waals surface area contributed by atoms with E-state index < -0.39 is 6.55 Å². The molecule has 1 aromatic heterocycles. The Balaban J connectivity index is 2.14. The van der Waals surface area contributed by atoms with Gasteiger partial charge < -0.3 is 5.73 Å². The van der Waals surface area contributed by atoms with Crippen LogP contribution in [0, 0.1) is 6.92 Å². The predicted octanol–water partition coefficient (Wildman–Crippen LogP) is 2.57. The number of halogens is 2. The lowest BCUT2D eigenvalue weighted by Crippen LogP contribution is -2.25. The Morgan fingerprint density at radius 3 is 2.50 bits per heavy atom. The molecule has 0 aliphatic heterocycles. The van der Waals surface area contributed by atoms with E-state index in [0.717, 1.165) is 41.6 Å². The van der Waals surface area contributed by atoms with Crippen molar-refractivity contribution >= 4 is 0 Å². The summed E-state index contributed by atoms with van der Waals surface area (Å²) in [4.78, 5) is 0. The molecule has 1 fully saturated rings. The Morgan fingerprint density at radius 1 is 1.38 bits per heavy atom. The summed E-state index contributed by atoms with van der Waals surface area (Å²) in [5, 5.41) is 3.84. The zero-order chi connectivity index (χ0) is 11.7. The van der Waals surface area contributed by atoms with E-state index in [0.29, 0.717) is 5.92 Å². The van der Waals surface area contributed by atoms with Crippen LogP contribution in [0.15, 0.2) is 6.20 Å². The topological polar surface area (TPSA) is 43.8 Å². The second-order valence-corrected chi connectivity index (χ2v) is 4.54. The number of hydrogen-bond donors (Lipinski definition) is 1. The first-order valence-corrected chi connectivity index (χ1v) is 5.67. The third-order valence-electron chi connectivity index (χ3n) is 3.37. The zero-order valence-electron chi connectivity index (χ0n) is 9.37. The monoisotopic (exact) mass is 229 g/mol. The molecule has 5 heteroatoms. The maximum absolute atomic E-state index is 12.5. The van der Waals surface area contributed by atoms with Crippen LogP contribution in [-0.2, 0) is 0 Å². The van der Waals surface area contributed by atoms with Crippen LogP contribution in [0.1, 0.15) is 49.4 Å². The summed E-state index contributed by atoms with van der Waals surface area (Å²) in [5.74, 6) is 0.354. The van der Waals surface area contributed by atoms with Gasteiger partial charge in [0.05, 0.1) is 5.69 Å². The largest absolute Gasteiger partial charge is 0.333 e. The van der Waals surface area contributed by atoms with E-state index in [1.54, 1.807) is 6.92 Å². The van der Waals surface area contributed by atoms with E-state index in [4.69, 9.17) is 5.73 Å². The molecule has 1 aliphatic rings. The highest BCUT2D eigenvalue weighted by Gasteiger charge is 2.24. The van der Waals surface area contributed by atoms with Gasteiger partial charge in [0.1, 0.15) is 0 Å². The molecule has 16 heavy (non-hydrogen) atoms. The molecule has 0 saturated heterocycles. The van der Waals surface area contributed by atoms with Crippen LogP contribution in [0.4, 0.5) is 8.78 Å². The minimum atomic E-state index is -2.54. The highest BCUT2D eigenvalue weighted by atomic mass is 19.3. The van der Waals surface area contributed by atoms with E-state index >= 15 is 0 Å².